The van der Waals surface area contributed by atoms with Crippen LogP contribution in [0.25, 0.3) is 0 Å². The molecule has 0 N–H and O–H groups in total. The van der Waals surface area contributed by atoms with E-state index in [1.54, 1.807) is 0 Å². The molecule has 0 bridgehead atoms. The van der Waals surface area contributed by atoms with E-state index in [1.165, 1.54) is 5.56 Å². The molecule has 0 spiro atoms. The zero-order chi connectivity index (χ0) is 15.9. The Morgan fingerprint density at radius 3 is 2.09 bits per heavy atom. The maximum atomic E-state index is 13.6. The van der Waals surface area contributed by atoms with Crippen molar-refractivity contribution in [3.63, 3.8) is 0 Å². The topological polar surface area (TPSA) is 9.23 Å². The van der Waals surface area contributed by atoms with Gasteiger partial charge in [-0.15, -0.1) is 0 Å². The second-order valence-electron chi connectivity index (χ2n) is 4.72. The Morgan fingerprint density at radius 1 is 0.955 bits per heavy atom. The lowest BCUT2D eigenvalue weighted by atomic mass is 10.1. The lowest BCUT2D eigenvalue weighted by Crippen LogP contribution is -1.97. The minimum Gasteiger partial charge on any atom is -0.457 e. The summed E-state index contributed by atoms with van der Waals surface area (Å²) in [6.45, 7) is 0.816. The Labute approximate surface area is 127 Å². The Kier molecular flexibility index (Phi) is 5.48. The highest BCUT2D eigenvalue weighted by molar-refractivity contribution is 5.45. The first kappa shape index (κ1) is 16.0. The maximum absolute atomic E-state index is 13.6. The Balaban J connectivity index is 2.21. The SMILES string of the molecule is CCCc1ccc(C#Cc2cc(F)c(OCF)c(F)c2)cc1. The molecule has 2 rings (SSSR count). The standard InChI is InChI=1S/C18H15F3O/c1-2-3-13-4-6-14(7-5-13)8-9-15-10-16(20)18(22-12-19)17(21)11-15/h4-7,10-11H,2-3,12H2,1H3. The van der Waals surface area contributed by atoms with Gasteiger partial charge in [-0.05, 0) is 36.2 Å². The van der Waals surface area contributed by atoms with Crippen molar-refractivity contribution in [3.8, 4) is 17.6 Å². The fourth-order valence-corrected chi connectivity index (χ4v) is 2.01. The van der Waals surface area contributed by atoms with Crippen LogP contribution in [-0.4, -0.2) is 6.86 Å². The van der Waals surface area contributed by atoms with Gasteiger partial charge in [-0.3, -0.25) is 0 Å². The monoisotopic (exact) mass is 304 g/mol. The number of rotatable bonds is 4. The normalized spacial score (nSPS) is 10.0. The first-order valence-corrected chi connectivity index (χ1v) is 6.92. The van der Waals surface area contributed by atoms with Gasteiger partial charge < -0.3 is 4.74 Å². The van der Waals surface area contributed by atoms with Gasteiger partial charge in [0.25, 0.3) is 0 Å². The van der Waals surface area contributed by atoms with Crippen LogP contribution in [0.5, 0.6) is 5.75 Å². The molecule has 2 aromatic rings. The van der Waals surface area contributed by atoms with Crippen molar-refractivity contribution in [2.45, 2.75) is 19.8 Å². The van der Waals surface area contributed by atoms with Crippen molar-refractivity contribution < 1.29 is 17.9 Å². The molecular formula is C18H15F3O. The van der Waals surface area contributed by atoms with Crippen LogP contribution in [0.15, 0.2) is 36.4 Å². The lowest BCUT2D eigenvalue weighted by molar-refractivity contribution is 0.176. The summed E-state index contributed by atoms with van der Waals surface area (Å²) >= 11 is 0. The molecule has 0 atom stereocenters. The second-order valence-corrected chi connectivity index (χ2v) is 4.72. The van der Waals surface area contributed by atoms with Crippen LogP contribution in [0.4, 0.5) is 13.2 Å². The molecule has 0 unspecified atom stereocenters. The zero-order valence-corrected chi connectivity index (χ0v) is 12.1. The molecule has 0 aromatic heterocycles. The number of benzene rings is 2. The van der Waals surface area contributed by atoms with Crippen molar-refractivity contribution >= 4 is 0 Å². The molecule has 0 aliphatic heterocycles. The summed E-state index contributed by atoms with van der Waals surface area (Å²) in [5.41, 5.74) is 2.14. The molecule has 0 heterocycles. The van der Waals surface area contributed by atoms with Gasteiger partial charge in [-0.2, -0.15) is 0 Å². The van der Waals surface area contributed by atoms with Gasteiger partial charge in [0, 0.05) is 11.1 Å². The number of hydrogen-bond acceptors (Lipinski definition) is 1. The summed E-state index contributed by atoms with van der Waals surface area (Å²) in [6, 6.07) is 9.73. The highest BCUT2D eigenvalue weighted by Gasteiger charge is 2.11. The van der Waals surface area contributed by atoms with Crippen molar-refractivity contribution in [1.82, 2.24) is 0 Å². The quantitative estimate of drug-likeness (QED) is 0.749. The number of aryl methyl sites for hydroxylation is 1. The van der Waals surface area contributed by atoms with E-state index in [2.05, 4.69) is 23.5 Å². The largest absolute Gasteiger partial charge is 0.457 e. The average molecular weight is 304 g/mol. The molecule has 22 heavy (non-hydrogen) atoms. The summed E-state index contributed by atoms with van der Waals surface area (Å²) in [5.74, 6) is 2.85. The van der Waals surface area contributed by atoms with Crippen molar-refractivity contribution in [2.75, 3.05) is 6.86 Å². The highest BCUT2D eigenvalue weighted by Crippen LogP contribution is 2.23. The smallest absolute Gasteiger partial charge is 0.228 e. The van der Waals surface area contributed by atoms with E-state index in [9.17, 15) is 13.2 Å². The number of halogens is 3. The summed E-state index contributed by atoms with van der Waals surface area (Å²) in [4.78, 5) is 0. The molecule has 0 saturated carbocycles. The van der Waals surface area contributed by atoms with E-state index in [4.69, 9.17) is 0 Å². The zero-order valence-electron chi connectivity index (χ0n) is 12.1. The minimum absolute atomic E-state index is 0.166. The lowest BCUT2D eigenvalue weighted by Gasteiger charge is -2.04. The third-order valence-electron chi connectivity index (χ3n) is 3.04. The molecule has 0 saturated heterocycles. The molecule has 0 aliphatic carbocycles. The summed E-state index contributed by atoms with van der Waals surface area (Å²) < 4.78 is 43.4. The van der Waals surface area contributed by atoms with Crippen LogP contribution in [0, 0.1) is 23.5 Å². The van der Waals surface area contributed by atoms with Crippen LogP contribution < -0.4 is 4.74 Å². The van der Waals surface area contributed by atoms with Crippen LogP contribution in [0.1, 0.15) is 30.0 Å². The molecule has 1 nitrogen and oxygen atoms in total. The van der Waals surface area contributed by atoms with E-state index in [0.29, 0.717) is 0 Å². The summed E-state index contributed by atoms with van der Waals surface area (Å²) in [5, 5.41) is 0. The Bertz CT molecular complexity index is 674. The first-order chi connectivity index (χ1) is 10.6. The van der Waals surface area contributed by atoms with Gasteiger partial charge in [0.2, 0.25) is 6.86 Å². The van der Waals surface area contributed by atoms with Crippen molar-refractivity contribution in [2.24, 2.45) is 0 Å². The van der Waals surface area contributed by atoms with E-state index in [-0.39, 0.29) is 5.56 Å². The number of hydrogen-bond donors (Lipinski definition) is 0. The molecule has 2 aromatic carbocycles. The fourth-order valence-electron chi connectivity index (χ4n) is 2.01. The predicted molar refractivity (Wildman–Crippen MR) is 79.4 cm³/mol. The Morgan fingerprint density at radius 2 is 1.55 bits per heavy atom. The fraction of sp³-hybridized carbons (Fsp3) is 0.222. The molecule has 0 fully saturated rings. The number of ether oxygens (including phenoxy) is 1. The van der Waals surface area contributed by atoms with Crippen LogP contribution in [-0.2, 0) is 6.42 Å². The third-order valence-corrected chi connectivity index (χ3v) is 3.04. The molecule has 0 radical (unpaired) electrons. The minimum atomic E-state index is -1.29. The molecule has 114 valence electrons. The van der Waals surface area contributed by atoms with Crippen molar-refractivity contribution in [1.29, 1.82) is 0 Å². The van der Waals surface area contributed by atoms with Gasteiger partial charge in [-0.25, -0.2) is 13.2 Å². The van der Waals surface area contributed by atoms with Gasteiger partial charge in [0.05, 0.1) is 0 Å². The van der Waals surface area contributed by atoms with Gasteiger partial charge >= 0.3 is 0 Å². The van der Waals surface area contributed by atoms with Crippen molar-refractivity contribution in [3.05, 3.63) is 64.7 Å². The second kappa shape index (κ2) is 7.56. The van der Waals surface area contributed by atoms with Gasteiger partial charge in [-0.1, -0.05) is 37.3 Å². The Hall–Kier alpha value is -2.41. The third kappa shape index (κ3) is 4.05. The molecule has 0 amide bonds. The predicted octanol–water partition coefficient (Wildman–Crippen LogP) is 4.62. The van der Waals surface area contributed by atoms with Gasteiger partial charge in [0.1, 0.15) is 0 Å². The maximum Gasteiger partial charge on any atom is 0.228 e. The van der Waals surface area contributed by atoms with E-state index in [1.807, 2.05) is 24.3 Å². The molecule has 4 heteroatoms. The average Bonchev–Trinajstić information content (AvgIpc) is 2.50. The van der Waals surface area contributed by atoms with Crippen LogP contribution >= 0.6 is 0 Å². The van der Waals surface area contributed by atoms with Crippen LogP contribution in [0.2, 0.25) is 0 Å². The van der Waals surface area contributed by atoms with E-state index < -0.39 is 24.2 Å². The summed E-state index contributed by atoms with van der Waals surface area (Å²) in [6.07, 6.45) is 2.07. The van der Waals surface area contributed by atoms with E-state index >= 15 is 0 Å². The van der Waals surface area contributed by atoms with Gasteiger partial charge in [0.15, 0.2) is 17.4 Å². The number of alkyl halides is 1. The molecular weight excluding hydrogens is 289 g/mol. The van der Waals surface area contributed by atoms with Crippen LogP contribution in [0.3, 0.4) is 0 Å². The van der Waals surface area contributed by atoms with E-state index in [0.717, 1.165) is 30.5 Å². The highest BCUT2D eigenvalue weighted by atomic mass is 19.1. The molecule has 0 aliphatic rings. The summed E-state index contributed by atoms with van der Waals surface area (Å²) in [7, 11) is 0. The first-order valence-electron chi connectivity index (χ1n) is 6.92.